The third-order valence-electron chi connectivity index (χ3n) is 5.55. The molecule has 0 bridgehead atoms. The van der Waals surface area contributed by atoms with E-state index in [2.05, 4.69) is 25.5 Å². The molecule has 0 fully saturated rings. The highest BCUT2D eigenvalue weighted by Gasteiger charge is 2.22. The quantitative estimate of drug-likeness (QED) is 0.387. The first kappa shape index (κ1) is 22.5. The number of fused-ring (bicyclic) bond motifs is 1. The third-order valence-corrected chi connectivity index (χ3v) is 5.55. The maximum atomic E-state index is 14.2. The van der Waals surface area contributed by atoms with Gasteiger partial charge in [0.05, 0.1) is 41.2 Å². The van der Waals surface area contributed by atoms with Crippen LogP contribution < -0.4 is 16.6 Å². The standard InChI is InChI=1S/C25H18FN9O/c1-14(32-22-16(11-27)12-29-25(28)34-22)23-33-20-7-3-6-19(15-8-9-30-31-13-15)21(20)24(36)35(23)18-5-2-4-17(26)10-18/h2-10,12-14H,1H3,(H3,28,29,32,34)/t14-/m0/s1. The van der Waals surface area contributed by atoms with Crippen molar-refractivity contribution in [3.8, 4) is 22.9 Å². The minimum atomic E-state index is -0.641. The monoisotopic (exact) mass is 479 g/mol. The minimum absolute atomic E-state index is 0.0201. The molecule has 2 aromatic carbocycles. The highest BCUT2D eigenvalue weighted by atomic mass is 19.1. The fourth-order valence-corrected chi connectivity index (χ4v) is 3.95. The first-order chi connectivity index (χ1) is 17.5. The van der Waals surface area contributed by atoms with E-state index in [1.54, 1.807) is 43.5 Å². The second-order valence-electron chi connectivity index (χ2n) is 7.89. The summed E-state index contributed by atoms with van der Waals surface area (Å²) in [6, 6.07) is 14.1. The van der Waals surface area contributed by atoms with E-state index in [1.165, 1.54) is 35.2 Å². The highest BCUT2D eigenvalue weighted by molar-refractivity contribution is 5.94. The van der Waals surface area contributed by atoms with Crippen LogP contribution in [0.3, 0.4) is 0 Å². The van der Waals surface area contributed by atoms with Crippen LogP contribution in [-0.2, 0) is 0 Å². The molecule has 3 heterocycles. The van der Waals surface area contributed by atoms with Gasteiger partial charge in [0, 0.05) is 5.56 Å². The number of nitriles is 1. The number of nitrogens with zero attached hydrogens (tertiary/aromatic N) is 7. The predicted molar refractivity (Wildman–Crippen MR) is 132 cm³/mol. The van der Waals surface area contributed by atoms with Crippen LogP contribution in [0, 0.1) is 17.1 Å². The van der Waals surface area contributed by atoms with Crippen molar-refractivity contribution < 1.29 is 4.39 Å². The number of rotatable bonds is 5. The number of benzene rings is 2. The Morgan fingerprint density at radius 2 is 1.94 bits per heavy atom. The Labute approximate surface area is 203 Å². The van der Waals surface area contributed by atoms with Gasteiger partial charge in [-0.3, -0.25) is 9.36 Å². The number of aromatic nitrogens is 6. The Bertz CT molecular complexity index is 1700. The third kappa shape index (κ3) is 4.07. The number of halogens is 1. The fraction of sp³-hybridized carbons (Fsp3) is 0.0800. The molecule has 11 heteroatoms. The molecule has 0 aliphatic rings. The molecule has 10 nitrogen and oxygen atoms in total. The van der Waals surface area contributed by atoms with Gasteiger partial charge in [0.2, 0.25) is 5.95 Å². The number of hydrogen-bond donors (Lipinski definition) is 2. The Kier molecular flexibility index (Phi) is 5.75. The lowest BCUT2D eigenvalue weighted by Gasteiger charge is -2.21. The summed E-state index contributed by atoms with van der Waals surface area (Å²) in [7, 11) is 0. The molecule has 3 aromatic heterocycles. The Morgan fingerprint density at radius 1 is 1.11 bits per heavy atom. The van der Waals surface area contributed by atoms with Crippen molar-refractivity contribution in [3.63, 3.8) is 0 Å². The normalized spacial score (nSPS) is 11.7. The van der Waals surface area contributed by atoms with Crippen LogP contribution in [0.2, 0.25) is 0 Å². The van der Waals surface area contributed by atoms with E-state index in [0.29, 0.717) is 27.7 Å². The molecule has 0 saturated carbocycles. The topological polar surface area (TPSA) is 148 Å². The van der Waals surface area contributed by atoms with E-state index >= 15 is 0 Å². The van der Waals surface area contributed by atoms with Gasteiger partial charge in [0.25, 0.3) is 5.56 Å². The summed E-state index contributed by atoms with van der Waals surface area (Å²) < 4.78 is 15.6. The van der Waals surface area contributed by atoms with Gasteiger partial charge < -0.3 is 11.1 Å². The van der Waals surface area contributed by atoms with Crippen LogP contribution >= 0.6 is 0 Å². The van der Waals surface area contributed by atoms with Crippen molar-refractivity contribution in [2.45, 2.75) is 13.0 Å². The predicted octanol–water partition coefficient (Wildman–Crippen LogP) is 3.40. The molecule has 0 unspecified atom stereocenters. The second-order valence-corrected chi connectivity index (χ2v) is 7.89. The zero-order valence-corrected chi connectivity index (χ0v) is 18.9. The summed E-state index contributed by atoms with van der Waals surface area (Å²) in [4.78, 5) is 26.8. The molecule has 5 rings (SSSR count). The average Bonchev–Trinajstić information content (AvgIpc) is 2.89. The van der Waals surface area contributed by atoms with Crippen LogP contribution in [0.4, 0.5) is 16.2 Å². The zero-order chi connectivity index (χ0) is 25.2. The molecule has 0 spiro atoms. The average molecular weight is 479 g/mol. The molecule has 0 amide bonds. The lowest BCUT2D eigenvalue weighted by molar-refractivity contribution is 0.624. The van der Waals surface area contributed by atoms with Crippen LogP contribution in [0.1, 0.15) is 24.4 Å². The summed E-state index contributed by atoms with van der Waals surface area (Å²) in [5, 5.41) is 20.6. The molecule has 0 aliphatic carbocycles. The van der Waals surface area contributed by atoms with Gasteiger partial charge in [-0.2, -0.15) is 20.4 Å². The van der Waals surface area contributed by atoms with Gasteiger partial charge in [0.15, 0.2) is 0 Å². The second kappa shape index (κ2) is 9.19. The van der Waals surface area contributed by atoms with Gasteiger partial charge in [-0.25, -0.2) is 14.4 Å². The number of anilines is 2. The van der Waals surface area contributed by atoms with Crippen molar-refractivity contribution in [1.82, 2.24) is 29.7 Å². The zero-order valence-electron chi connectivity index (χ0n) is 18.9. The fourth-order valence-electron chi connectivity index (χ4n) is 3.95. The molecule has 0 radical (unpaired) electrons. The van der Waals surface area contributed by atoms with Gasteiger partial charge in [-0.05, 0) is 42.8 Å². The summed E-state index contributed by atoms with van der Waals surface area (Å²) in [6.07, 6.45) is 4.40. The van der Waals surface area contributed by atoms with Crippen molar-refractivity contribution in [3.05, 3.63) is 94.7 Å². The molecule has 0 saturated heterocycles. The molecule has 36 heavy (non-hydrogen) atoms. The van der Waals surface area contributed by atoms with Gasteiger partial charge in [-0.15, -0.1) is 0 Å². The van der Waals surface area contributed by atoms with Gasteiger partial charge >= 0.3 is 0 Å². The molecule has 0 aliphatic heterocycles. The largest absolute Gasteiger partial charge is 0.368 e. The van der Waals surface area contributed by atoms with E-state index in [0.717, 1.165) is 0 Å². The van der Waals surface area contributed by atoms with Crippen molar-refractivity contribution in [2.24, 2.45) is 0 Å². The van der Waals surface area contributed by atoms with E-state index in [4.69, 9.17) is 10.7 Å². The highest BCUT2D eigenvalue weighted by Crippen LogP contribution is 2.28. The van der Waals surface area contributed by atoms with Crippen molar-refractivity contribution in [1.29, 1.82) is 5.26 Å². The number of nitrogen functional groups attached to an aromatic ring is 1. The van der Waals surface area contributed by atoms with E-state index in [-0.39, 0.29) is 23.2 Å². The molecule has 1 atom stereocenters. The first-order valence-corrected chi connectivity index (χ1v) is 10.8. The maximum absolute atomic E-state index is 14.2. The number of nitrogens with one attached hydrogen (secondary N) is 1. The summed E-state index contributed by atoms with van der Waals surface area (Å²) in [6.45, 7) is 1.75. The molecule has 5 aromatic rings. The number of hydrogen-bond acceptors (Lipinski definition) is 9. The Hall–Kier alpha value is -5.24. The lowest BCUT2D eigenvalue weighted by Crippen LogP contribution is -2.28. The smallest absolute Gasteiger partial charge is 0.266 e. The minimum Gasteiger partial charge on any atom is -0.368 e. The van der Waals surface area contributed by atoms with Crippen molar-refractivity contribution >= 4 is 22.7 Å². The Balaban J connectivity index is 1.76. The molecular weight excluding hydrogens is 461 g/mol. The SMILES string of the molecule is C[C@H](Nc1nc(N)ncc1C#N)c1nc2cccc(-c3ccnnc3)c2c(=O)n1-c1cccc(F)c1. The van der Waals surface area contributed by atoms with Crippen LogP contribution in [0.5, 0.6) is 0 Å². The molecule has 176 valence electrons. The Morgan fingerprint density at radius 3 is 2.69 bits per heavy atom. The number of nitrogens with two attached hydrogens (primary N) is 1. The van der Waals surface area contributed by atoms with E-state index < -0.39 is 17.4 Å². The summed E-state index contributed by atoms with van der Waals surface area (Å²) in [5.41, 5.74) is 7.52. The molecular formula is C25H18FN9O. The van der Waals surface area contributed by atoms with Crippen LogP contribution in [0.15, 0.2) is 71.9 Å². The maximum Gasteiger partial charge on any atom is 0.266 e. The molecule has 3 N–H and O–H groups in total. The van der Waals surface area contributed by atoms with Crippen molar-refractivity contribution in [2.75, 3.05) is 11.1 Å². The van der Waals surface area contributed by atoms with E-state index in [9.17, 15) is 14.4 Å². The van der Waals surface area contributed by atoms with Crippen LogP contribution in [0.25, 0.3) is 27.7 Å². The van der Waals surface area contributed by atoms with Crippen LogP contribution in [-0.4, -0.2) is 29.7 Å². The van der Waals surface area contributed by atoms with Gasteiger partial charge in [0.1, 0.15) is 29.1 Å². The first-order valence-electron chi connectivity index (χ1n) is 10.8. The summed E-state index contributed by atoms with van der Waals surface area (Å²) >= 11 is 0. The lowest BCUT2D eigenvalue weighted by atomic mass is 10.0. The van der Waals surface area contributed by atoms with Gasteiger partial charge in [-0.1, -0.05) is 18.2 Å². The summed E-state index contributed by atoms with van der Waals surface area (Å²) in [5.74, 6) is -0.0558. The van der Waals surface area contributed by atoms with E-state index in [1.807, 2.05) is 6.07 Å².